The zero-order valence-corrected chi connectivity index (χ0v) is 9.57. The van der Waals surface area contributed by atoms with E-state index in [4.69, 9.17) is 5.11 Å². The second-order valence-corrected chi connectivity index (χ2v) is 4.13. The van der Waals surface area contributed by atoms with Gasteiger partial charge in [0.2, 0.25) is 0 Å². The Labute approximate surface area is 95.8 Å². The smallest absolute Gasteiger partial charge is 0.317 e. The van der Waals surface area contributed by atoms with Crippen LogP contribution in [0, 0.1) is 0 Å². The zero-order valence-electron chi connectivity index (χ0n) is 9.57. The Kier molecular flexibility index (Phi) is 5.67. The first-order chi connectivity index (χ1) is 7.70. The van der Waals surface area contributed by atoms with Crippen molar-refractivity contribution in [3.63, 3.8) is 0 Å². The summed E-state index contributed by atoms with van der Waals surface area (Å²) in [7, 11) is 0. The first-order valence-electron chi connectivity index (χ1n) is 5.95. The molecule has 0 atom stereocenters. The van der Waals surface area contributed by atoms with E-state index in [1.165, 1.54) is 19.3 Å². The fraction of sp³-hybridized carbons (Fsp3) is 0.818. The summed E-state index contributed by atoms with van der Waals surface area (Å²) in [6.45, 7) is 1.79. The van der Waals surface area contributed by atoms with Gasteiger partial charge in [-0.2, -0.15) is 0 Å². The van der Waals surface area contributed by atoms with Gasteiger partial charge in [0.05, 0.1) is 6.42 Å². The standard InChI is InChI=1S/C11H20N2O3/c14-10(15)6-7-12-11(16)13-8-4-2-1-3-5-9-13/h1-9H2,(H,12,16)(H,14,15). The molecule has 0 saturated carbocycles. The predicted molar refractivity (Wildman–Crippen MR) is 60.3 cm³/mol. The average Bonchev–Trinajstić information content (AvgIpc) is 2.15. The Bertz CT molecular complexity index is 235. The Morgan fingerprint density at radius 2 is 1.62 bits per heavy atom. The van der Waals surface area contributed by atoms with Gasteiger partial charge in [-0.15, -0.1) is 0 Å². The van der Waals surface area contributed by atoms with Gasteiger partial charge in [0, 0.05) is 19.6 Å². The number of carboxylic acids is 1. The minimum atomic E-state index is -0.882. The molecule has 5 nitrogen and oxygen atoms in total. The van der Waals surface area contributed by atoms with E-state index in [2.05, 4.69) is 5.32 Å². The van der Waals surface area contributed by atoms with E-state index in [9.17, 15) is 9.59 Å². The zero-order chi connectivity index (χ0) is 11.8. The van der Waals surface area contributed by atoms with Crippen LogP contribution in [0.2, 0.25) is 0 Å². The van der Waals surface area contributed by atoms with Gasteiger partial charge in [-0.1, -0.05) is 19.3 Å². The number of aliphatic carboxylic acids is 1. The van der Waals surface area contributed by atoms with Crippen LogP contribution in [0.5, 0.6) is 0 Å². The molecular formula is C11H20N2O3. The third kappa shape index (κ3) is 5.00. The monoisotopic (exact) mass is 228 g/mol. The minimum Gasteiger partial charge on any atom is -0.481 e. The number of rotatable bonds is 3. The number of carboxylic acid groups (broad SMARTS) is 1. The van der Waals surface area contributed by atoms with Crippen molar-refractivity contribution in [1.82, 2.24) is 10.2 Å². The summed E-state index contributed by atoms with van der Waals surface area (Å²) < 4.78 is 0. The summed E-state index contributed by atoms with van der Waals surface area (Å²) >= 11 is 0. The molecule has 0 radical (unpaired) electrons. The van der Waals surface area contributed by atoms with Crippen molar-refractivity contribution in [2.24, 2.45) is 0 Å². The summed E-state index contributed by atoms with van der Waals surface area (Å²) in [5, 5.41) is 11.1. The van der Waals surface area contributed by atoms with Crippen molar-refractivity contribution in [2.75, 3.05) is 19.6 Å². The molecule has 0 aromatic heterocycles. The quantitative estimate of drug-likeness (QED) is 0.767. The van der Waals surface area contributed by atoms with Gasteiger partial charge in [-0.05, 0) is 12.8 Å². The van der Waals surface area contributed by atoms with Crippen molar-refractivity contribution >= 4 is 12.0 Å². The molecule has 2 N–H and O–H groups in total. The summed E-state index contributed by atoms with van der Waals surface area (Å²) in [4.78, 5) is 23.8. The number of amides is 2. The number of likely N-dealkylation sites (tertiary alicyclic amines) is 1. The van der Waals surface area contributed by atoms with Crippen LogP contribution in [0.3, 0.4) is 0 Å². The maximum atomic E-state index is 11.7. The lowest BCUT2D eigenvalue weighted by Crippen LogP contribution is -2.42. The Hall–Kier alpha value is -1.26. The number of hydrogen-bond donors (Lipinski definition) is 2. The maximum Gasteiger partial charge on any atom is 0.317 e. The lowest BCUT2D eigenvalue weighted by Gasteiger charge is -2.24. The van der Waals surface area contributed by atoms with Crippen LogP contribution in [0.25, 0.3) is 0 Å². The van der Waals surface area contributed by atoms with E-state index in [1.54, 1.807) is 4.90 Å². The first-order valence-corrected chi connectivity index (χ1v) is 5.95. The van der Waals surface area contributed by atoms with Crippen molar-refractivity contribution in [3.8, 4) is 0 Å². The van der Waals surface area contributed by atoms with Crippen LogP contribution < -0.4 is 5.32 Å². The molecule has 1 aliphatic rings. The molecule has 1 saturated heterocycles. The molecular weight excluding hydrogens is 208 g/mol. The summed E-state index contributed by atoms with van der Waals surface area (Å²) in [5.74, 6) is -0.882. The molecule has 1 heterocycles. The molecule has 0 aliphatic carbocycles. The van der Waals surface area contributed by atoms with Gasteiger partial charge < -0.3 is 15.3 Å². The number of nitrogens with one attached hydrogen (secondary N) is 1. The molecule has 0 aromatic carbocycles. The van der Waals surface area contributed by atoms with E-state index < -0.39 is 5.97 Å². The normalized spacial score (nSPS) is 17.4. The van der Waals surface area contributed by atoms with Crippen LogP contribution in [0.15, 0.2) is 0 Å². The van der Waals surface area contributed by atoms with E-state index >= 15 is 0 Å². The second kappa shape index (κ2) is 7.09. The SMILES string of the molecule is O=C(O)CCNC(=O)N1CCCCCCC1. The first kappa shape index (κ1) is 12.8. The highest BCUT2D eigenvalue weighted by molar-refractivity contribution is 5.75. The van der Waals surface area contributed by atoms with Gasteiger partial charge >= 0.3 is 12.0 Å². The fourth-order valence-corrected chi connectivity index (χ4v) is 1.84. The maximum absolute atomic E-state index is 11.7. The number of hydrogen-bond acceptors (Lipinski definition) is 2. The van der Waals surface area contributed by atoms with Gasteiger partial charge in [0.1, 0.15) is 0 Å². The molecule has 1 aliphatic heterocycles. The summed E-state index contributed by atoms with van der Waals surface area (Å²) in [6.07, 6.45) is 5.70. The van der Waals surface area contributed by atoms with Gasteiger partial charge in [-0.25, -0.2) is 4.79 Å². The molecule has 16 heavy (non-hydrogen) atoms. The lowest BCUT2D eigenvalue weighted by atomic mass is 10.1. The number of carbonyl (C=O) groups excluding carboxylic acids is 1. The number of carbonyl (C=O) groups is 2. The highest BCUT2D eigenvalue weighted by Gasteiger charge is 2.14. The molecule has 1 fully saturated rings. The van der Waals surface area contributed by atoms with Crippen molar-refractivity contribution < 1.29 is 14.7 Å². The Morgan fingerprint density at radius 3 is 2.19 bits per heavy atom. The number of nitrogens with zero attached hydrogens (tertiary/aromatic N) is 1. The van der Waals surface area contributed by atoms with Crippen LogP contribution in [-0.4, -0.2) is 41.6 Å². The van der Waals surface area contributed by atoms with Crippen LogP contribution >= 0.6 is 0 Å². The van der Waals surface area contributed by atoms with Crippen LogP contribution in [-0.2, 0) is 4.79 Å². The molecule has 0 bridgehead atoms. The van der Waals surface area contributed by atoms with E-state index in [-0.39, 0.29) is 19.0 Å². The van der Waals surface area contributed by atoms with Crippen molar-refractivity contribution in [2.45, 2.75) is 38.5 Å². The van der Waals surface area contributed by atoms with E-state index in [0.717, 1.165) is 25.9 Å². The highest BCUT2D eigenvalue weighted by Crippen LogP contribution is 2.10. The molecule has 92 valence electrons. The lowest BCUT2D eigenvalue weighted by molar-refractivity contribution is -0.136. The predicted octanol–water partition coefficient (Wildman–Crippen LogP) is 1.44. The van der Waals surface area contributed by atoms with Gasteiger partial charge in [0.25, 0.3) is 0 Å². The molecule has 1 rings (SSSR count). The van der Waals surface area contributed by atoms with Gasteiger partial charge in [0.15, 0.2) is 0 Å². The second-order valence-electron chi connectivity index (χ2n) is 4.13. The van der Waals surface area contributed by atoms with E-state index in [1.807, 2.05) is 0 Å². The van der Waals surface area contributed by atoms with Crippen LogP contribution in [0.4, 0.5) is 4.79 Å². The Balaban J connectivity index is 2.24. The van der Waals surface area contributed by atoms with Crippen molar-refractivity contribution in [1.29, 1.82) is 0 Å². The molecule has 5 heteroatoms. The average molecular weight is 228 g/mol. The van der Waals surface area contributed by atoms with Gasteiger partial charge in [-0.3, -0.25) is 4.79 Å². The third-order valence-electron chi connectivity index (χ3n) is 2.76. The van der Waals surface area contributed by atoms with Crippen molar-refractivity contribution in [3.05, 3.63) is 0 Å². The molecule has 0 unspecified atom stereocenters. The summed E-state index contributed by atoms with van der Waals surface area (Å²) in [6, 6.07) is -0.122. The molecule has 0 spiro atoms. The minimum absolute atomic E-state index is 0.0143. The van der Waals surface area contributed by atoms with E-state index in [0.29, 0.717) is 0 Å². The molecule has 0 aromatic rings. The summed E-state index contributed by atoms with van der Waals surface area (Å²) in [5.41, 5.74) is 0. The molecule has 2 amide bonds. The number of urea groups is 1. The highest BCUT2D eigenvalue weighted by atomic mass is 16.4. The fourth-order valence-electron chi connectivity index (χ4n) is 1.84. The largest absolute Gasteiger partial charge is 0.481 e. The van der Waals surface area contributed by atoms with Crippen LogP contribution in [0.1, 0.15) is 38.5 Å². The Morgan fingerprint density at radius 1 is 1.06 bits per heavy atom. The topological polar surface area (TPSA) is 69.6 Å². The third-order valence-corrected chi connectivity index (χ3v) is 2.76.